The quantitative estimate of drug-likeness (QED) is 0.748. The van der Waals surface area contributed by atoms with Crippen molar-refractivity contribution in [3.63, 3.8) is 0 Å². The van der Waals surface area contributed by atoms with E-state index in [1.165, 1.54) is 18.5 Å². The molecule has 1 aromatic rings. The summed E-state index contributed by atoms with van der Waals surface area (Å²) in [5, 5.41) is 1.06. The first-order chi connectivity index (χ1) is 7.08. The van der Waals surface area contributed by atoms with Gasteiger partial charge in [-0.15, -0.1) is 0 Å². The lowest BCUT2D eigenvalue weighted by atomic mass is 9.84. The molecule has 0 unspecified atom stereocenters. The molecule has 2 nitrogen and oxygen atoms in total. The number of nitrogens with zero attached hydrogens (tertiary/aromatic N) is 2. The highest BCUT2D eigenvalue weighted by Gasteiger charge is 2.25. The minimum absolute atomic E-state index is 0.373. The number of imidazole rings is 1. The van der Waals surface area contributed by atoms with E-state index in [1.54, 1.807) is 0 Å². The molecular weight excluding hydrogens is 252 g/mol. The van der Waals surface area contributed by atoms with E-state index in [-0.39, 0.29) is 0 Å². The summed E-state index contributed by atoms with van der Waals surface area (Å²) < 4.78 is 2.28. The highest BCUT2D eigenvalue weighted by atomic mass is 79.9. The van der Waals surface area contributed by atoms with Crippen LogP contribution in [0.5, 0.6) is 0 Å². The van der Waals surface area contributed by atoms with Gasteiger partial charge in [-0.25, -0.2) is 4.98 Å². The molecule has 0 spiro atoms. The second-order valence-electron chi connectivity index (χ2n) is 4.38. The van der Waals surface area contributed by atoms with Gasteiger partial charge in [-0.1, -0.05) is 29.8 Å². The van der Waals surface area contributed by atoms with Gasteiger partial charge in [0.05, 0.1) is 12.0 Å². The Morgan fingerprint density at radius 1 is 1.33 bits per heavy atom. The van der Waals surface area contributed by atoms with Crippen molar-refractivity contribution in [2.24, 2.45) is 5.41 Å². The molecule has 0 atom stereocenters. The van der Waals surface area contributed by atoms with Crippen LogP contribution in [0.25, 0.3) is 0 Å². The average Bonchev–Trinajstić information content (AvgIpc) is 2.57. The molecule has 0 bridgehead atoms. The molecule has 0 aliphatic carbocycles. The van der Waals surface area contributed by atoms with Crippen LogP contribution in [-0.4, -0.2) is 14.9 Å². The van der Waals surface area contributed by atoms with Crippen molar-refractivity contribution in [1.82, 2.24) is 9.55 Å². The molecule has 1 rings (SSSR count). The molecule has 3 heteroatoms. The summed E-state index contributed by atoms with van der Waals surface area (Å²) in [5.41, 5.74) is 2.81. The Balaban J connectivity index is 2.87. The van der Waals surface area contributed by atoms with Crippen molar-refractivity contribution in [3.8, 4) is 0 Å². The van der Waals surface area contributed by atoms with Gasteiger partial charge in [0.1, 0.15) is 0 Å². The van der Waals surface area contributed by atoms with Crippen molar-refractivity contribution in [3.05, 3.63) is 17.7 Å². The standard InChI is InChI=1S/C12H21BrN2/c1-5-12(6-2,7-13)8-15-9-14-10(3)11(15)4/h9H,5-8H2,1-4H3. The number of alkyl halides is 1. The second-order valence-corrected chi connectivity index (χ2v) is 4.94. The first-order valence-electron chi connectivity index (χ1n) is 5.63. The highest BCUT2D eigenvalue weighted by Crippen LogP contribution is 2.31. The van der Waals surface area contributed by atoms with E-state index >= 15 is 0 Å². The van der Waals surface area contributed by atoms with Crippen molar-refractivity contribution >= 4 is 15.9 Å². The third-order valence-corrected chi connectivity index (χ3v) is 4.82. The van der Waals surface area contributed by atoms with E-state index in [2.05, 4.69) is 53.2 Å². The normalized spacial score (nSPS) is 12.1. The second kappa shape index (κ2) is 5.15. The van der Waals surface area contributed by atoms with E-state index in [1.807, 2.05) is 6.33 Å². The van der Waals surface area contributed by atoms with Crippen LogP contribution in [-0.2, 0) is 6.54 Å². The number of hydrogen-bond donors (Lipinski definition) is 0. The first kappa shape index (κ1) is 12.8. The van der Waals surface area contributed by atoms with Gasteiger partial charge in [0, 0.05) is 17.6 Å². The minimum Gasteiger partial charge on any atom is -0.334 e. The third kappa shape index (κ3) is 2.63. The lowest BCUT2D eigenvalue weighted by Crippen LogP contribution is -2.27. The summed E-state index contributed by atoms with van der Waals surface area (Å²) in [6, 6.07) is 0. The number of hydrogen-bond acceptors (Lipinski definition) is 1. The Bertz CT molecular complexity index is 305. The van der Waals surface area contributed by atoms with E-state index in [0.29, 0.717) is 5.41 Å². The molecule has 0 aromatic carbocycles. The number of halogens is 1. The molecular formula is C12H21BrN2. The predicted octanol–water partition coefficient (Wildman–Crippen LogP) is 3.70. The summed E-state index contributed by atoms with van der Waals surface area (Å²) in [7, 11) is 0. The lowest BCUT2D eigenvalue weighted by molar-refractivity contribution is 0.257. The fourth-order valence-corrected chi connectivity index (χ4v) is 2.74. The molecule has 0 aliphatic rings. The summed E-state index contributed by atoms with van der Waals surface area (Å²) in [6.45, 7) is 9.82. The van der Waals surface area contributed by atoms with Crippen molar-refractivity contribution in [1.29, 1.82) is 0 Å². The lowest BCUT2D eigenvalue weighted by Gasteiger charge is -2.30. The summed E-state index contributed by atoms with van der Waals surface area (Å²) in [6.07, 6.45) is 4.37. The largest absolute Gasteiger partial charge is 0.334 e. The van der Waals surface area contributed by atoms with Gasteiger partial charge in [-0.05, 0) is 32.1 Å². The smallest absolute Gasteiger partial charge is 0.0951 e. The van der Waals surface area contributed by atoms with Crippen LogP contribution in [0, 0.1) is 19.3 Å². The molecule has 0 aliphatic heterocycles. The molecule has 1 aromatic heterocycles. The molecule has 0 N–H and O–H groups in total. The Kier molecular flexibility index (Phi) is 4.38. The van der Waals surface area contributed by atoms with E-state index in [9.17, 15) is 0 Å². The van der Waals surface area contributed by atoms with Gasteiger partial charge in [0.15, 0.2) is 0 Å². The molecule has 1 heterocycles. The predicted molar refractivity (Wildman–Crippen MR) is 68.5 cm³/mol. The molecule has 0 fully saturated rings. The van der Waals surface area contributed by atoms with Gasteiger partial charge in [-0.3, -0.25) is 0 Å². The molecule has 15 heavy (non-hydrogen) atoms. The van der Waals surface area contributed by atoms with Crippen LogP contribution < -0.4 is 0 Å². The highest BCUT2D eigenvalue weighted by molar-refractivity contribution is 9.09. The molecule has 0 saturated heterocycles. The van der Waals surface area contributed by atoms with Crippen LogP contribution in [0.1, 0.15) is 38.1 Å². The zero-order chi connectivity index (χ0) is 11.5. The molecule has 0 saturated carbocycles. The van der Waals surface area contributed by atoms with Gasteiger partial charge >= 0.3 is 0 Å². The van der Waals surface area contributed by atoms with Gasteiger partial charge in [0.2, 0.25) is 0 Å². The maximum Gasteiger partial charge on any atom is 0.0951 e. The Morgan fingerprint density at radius 2 is 1.93 bits per heavy atom. The van der Waals surface area contributed by atoms with E-state index in [0.717, 1.165) is 17.6 Å². The van der Waals surface area contributed by atoms with Gasteiger partial charge < -0.3 is 4.57 Å². The first-order valence-corrected chi connectivity index (χ1v) is 6.75. The number of aromatic nitrogens is 2. The topological polar surface area (TPSA) is 17.8 Å². The molecule has 0 amide bonds. The summed E-state index contributed by atoms with van der Waals surface area (Å²) in [5.74, 6) is 0. The van der Waals surface area contributed by atoms with Crippen molar-refractivity contribution in [2.45, 2.75) is 47.1 Å². The summed E-state index contributed by atoms with van der Waals surface area (Å²) >= 11 is 3.65. The maximum atomic E-state index is 4.35. The number of aryl methyl sites for hydroxylation is 1. The van der Waals surface area contributed by atoms with Crippen LogP contribution in [0.4, 0.5) is 0 Å². The third-order valence-electron chi connectivity index (χ3n) is 3.63. The minimum atomic E-state index is 0.373. The van der Waals surface area contributed by atoms with Crippen LogP contribution >= 0.6 is 15.9 Å². The fourth-order valence-electron chi connectivity index (χ4n) is 1.77. The Labute approximate surface area is 101 Å². The van der Waals surface area contributed by atoms with E-state index in [4.69, 9.17) is 0 Å². The van der Waals surface area contributed by atoms with Crippen LogP contribution in [0.15, 0.2) is 6.33 Å². The fraction of sp³-hybridized carbons (Fsp3) is 0.750. The van der Waals surface area contributed by atoms with Crippen molar-refractivity contribution < 1.29 is 0 Å². The van der Waals surface area contributed by atoms with E-state index < -0.39 is 0 Å². The van der Waals surface area contributed by atoms with Gasteiger partial charge in [-0.2, -0.15) is 0 Å². The monoisotopic (exact) mass is 272 g/mol. The molecule has 86 valence electrons. The van der Waals surface area contributed by atoms with Crippen LogP contribution in [0.3, 0.4) is 0 Å². The van der Waals surface area contributed by atoms with Crippen molar-refractivity contribution in [2.75, 3.05) is 5.33 Å². The maximum absolute atomic E-state index is 4.35. The average molecular weight is 273 g/mol. The zero-order valence-electron chi connectivity index (χ0n) is 10.2. The Hall–Kier alpha value is -0.310. The van der Waals surface area contributed by atoms with Gasteiger partial charge in [0.25, 0.3) is 0 Å². The molecule has 0 radical (unpaired) electrons. The SMILES string of the molecule is CCC(CC)(CBr)Cn1cnc(C)c1C. The summed E-state index contributed by atoms with van der Waals surface area (Å²) in [4.78, 5) is 4.35. The van der Waals surface area contributed by atoms with Crippen LogP contribution in [0.2, 0.25) is 0 Å². The number of rotatable bonds is 5. The zero-order valence-corrected chi connectivity index (χ0v) is 11.8. The Morgan fingerprint density at radius 3 is 2.27 bits per heavy atom.